The van der Waals surface area contributed by atoms with Gasteiger partial charge >= 0.3 is 0 Å². The monoisotopic (exact) mass is 854 g/mol. The molecular formula is C52H64F2S4. The van der Waals surface area contributed by atoms with Crippen LogP contribution in [0.15, 0.2) is 84.9 Å². The summed E-state index contributed by atoms with van der Waals surface area (Å²) in [4.78, 5) is 10.4. The van der Waals surface area contributed by atoms with Crippen molar-refractivity contribution in [2.75, 3.05) is 0 Å². The van der Waals surface area contributed by atoms with Gasteiger partial charge in [0.05, 0.1) is 0 Å². The molecule has 6 rings (SSSR count). The zero-order chi connectivity index (χ0) is 40.4. The van der Waals surface area contributed by atoms with Gasteiger partial charge in [-0.3, -0.25) is 0 Å². The standard InChI is InChI=1S/C52H64F2S4/c1-3-5-7-9-11-13-15-17-19-21-23-41-37-49(39-25-29-43(53)30-26-39)57-51(41)47-35-33-45(55-47)46-34-36-48(56-46)52-42(24-22-20-18-16-14-12-10-8-6-4-2)38-50(58-52)40-27-31-44(54)32-28-40/h25-38H,3-24H2,1-2H3. The summed E-state index contributed by atoms with van der Waals surface area (Å²) in [5.41, 5.74) is 5.03. The Hall–Kier alpha value is -2.90. The van der Waals surface area contributed by atoms with Crippen molar-refractivity contribution in [3.63, 3.8) is 0 Å². The predicted molar refractivity (Wildman–Crippen MR) is 256 cm³/mol. The molecule has 0 aliphatic rings. The van der Waals surface area contributed by atoms with Crippen molar-refractivity contribution in [3.8, 4) is 50.1 Å². The van der Waals surface area contributed by atoms with Crippen LogP contribution in [0.3, 0.4) is 0 Å². The van der Waals surface area contributed by atoms with Gasteiger partial charge < -0.3 is 0 Å². The van der Waals surface area contributed by atoms with Crippen molar-refractivity contribution in [2.24, 2.45) is 0 Å². The number of hydrogen-bond donors (Lipinski definition) is 0. The molecule has 0 saturated carbocycles. The number of hydrogen-bond acceptors (Lipinski definition) is 4. The minimum atomic E-state index is -0.190. The highest BCUT2D eigenvalue weighted by molar-refractivity contribution is 7.29. The summed E-state index contributed by atoms with van der Waals surface area (Å²) in [6, 6.07) is 28.0. The van der Waals surface area contributed by atoms with E-state index < -0.39 is 0 Å². The molecule has 4 aromatic heterocycles. The van der Waals surface area contributed by atoms with Crippen molar-refractivity contribution < 1.29 is 8.78 Å². The molecule has 0 N–H and O–H groups in total. The summed E-state index contributed by atoms with van der Waals surface area (Å²) in [5, 5.41) is 0. The summed E-state index contributed by atoms with van der Waals surface area (Å²) in [5.74, 6) is -0.381. The number of benzene rings is 2. The average Bonchev–Trinajstić information content (AvgIpc) is 4.07. The molecule has 58 heavy (non-hydrogen) atoms. The molecule has 4 heterocycles. The van der Waals surface area contributed by atoms with Crippen LogP contribution in [0.25, 0.3) is 50.1 Å². The normalized spacial score (nSPS) is 11.6. The maximum atomic E-state index is 13.9. The molecule has 2 aromatic carbocycles. The van der Waals surface area contributed by atoms with Gasteiger partial charge in [0.2, 0.25) is 0 Å². The topological polar surface area (TPSA) is 0 Å². The third-order valence-corrected chi connectivity index (χ3v) is 16.6. The fourth-order valence-corrected chi connectivity index (χ4v) is 12.8. The van der Waals surface area contributed by atoms with Crippen molar-refractivity contribution in [1.82, 2.24) is 0 Å². The Labute approximate surface area is 364 Å². The van der Waals surface area contributed by atoms with E-state index in [0.29, 0.717) is 0 Å². The van der Waals surface area contributed by atoms with E-state index in [1.54, 1.807) is 24.3 Å². The predicted octanol–water partition coefficient (Wildman–Crippen LogP) is 19.5. The maximum absolute atomic E-state index is 13.9. The Balaban J connectivity index is 1.13. The molecule has 0 saturated heterocycles. The smallest absolute Gasteiger partial charge is 0.123 e. The molecule has 0 amide bonds. The molecule has 0 unspecified atom stereocenters. The molecule has 0 fully saturated rings. The van der Waals surface area contributed by atoms with Crippen molar-refractivity contribution in [3.05, 3.63) is 108 Å². The Morgan fingerprint density at radius 3 is 0.983 bits per heavy atom. The molecule has 0 radical (unpaired) electrons. The van der Waals surface area contributed by atoms with Gasteiger partial charge in [-0.05, 0) is 109 Å². The molecule has 0 spiro atoms. The summed E-state index contributed by atoms with van der Waals surface area (Å²) >= 11 is 7.50. The zero-order valence-electron chi connectivity index (χ0n) is 35.0. The van der Waals surface area contributed by atoms with E-state index in [9.17, 15) is 8.78 Å². The lowest BCUT2D eigenvalue weighted by Crippen LogP contribution is -1.86. The van der Waals surface area contributed by atoms with E-state index in [4.69, 9.17) is 0 Å². The number of aryl methyl sites for hydroxylation is 2. The number of halogens is 2. The molecule has 6 heteroatoms. The van der Waals surface area contributed by atoms with Crippen LogP contribution in [-0.2, 0) is 12.8 Å². The highest BCUT2D eigenvalue weighted by Crippen LogP contribution is 2.47. The molecule has 0 aliphatic carbocycles. The van der Waals surface area contributed by atoms with E-state index in [2.05, 4.69) is 50.2 Å². The van der Waals surface area contributed by atoms with Gasteiger partial charge in [-0.2, -0.15) is 0 Å². The first-order chi connectivity index (χ1) is 28.5. The molecule has 6 aromatic rings. The average molecular weight is 855 g/mol. The van der Waals surface area contributed by atoms with Crippen LogP contribution in [-0.4, -0.2) is 0 Å². The fourth-order valence-electron chi connectivity index (χ4n) is 7.95. The van der Waals surface area contributed by atoms with Crippen molar-refractivity contribution >= 4 is 45.3 Å². The Morgan fingerprint density at radius 2 is 0.638 bits per heavy atom. The van der Waals surface area contributed by atoms with Gasteiger partial charge in [-0.1, -0.05) is 154 Å². The van der Waals surface area contributed by atoms with Gasteiger partial charge in [0.25, 0.3) is 0 Å². The lowest BCUT2D eigenvalue weighted by molar-refractivity contribution is 0.556. The van der Waals surface area contributed by atoms with Crippen LogP contribution in [0.2, 0.25) is 0 Å². The van der Waals surface area contributed by atoms with Gasteiger partial charge in [0, 0.05) is 39.0 Å². The van der Waals surface area contributed by atoms with Crippen LogP contribution in [0.4, 0.5) is 8.78 Å². The van der Waals surface area contributed by atoms with Crippen LogP contribution >= 0.6 is 45.3 Å². The molecule has 0 bridgehead atoms. The summed E-state index contributed by atoms with van der Waals surface area (Å²) < 4.78 is 27.7. The Bertz CT molecular complexity index is 1890. The second-order valence-electron chi connectivity index (χ2n) is 16.1. The minimum absolute atomic E-state index is 0.190. The van der Waals surface area contributed by atoms with E-state index in [-0.39, 0.29) is 11.6 Å². The Morgan fingerprint density at radius 1 is 0.328 bits per heavy atom. The highest BCUT2D eigenvalue weighted by atomic mass is 32.1. The van der Waals surface area contributed by atoms with Crippen molar-refractivity contribution in [2.45, 2.75) is 155 Å². The molecule has 0 atom stereocenters. The van der Waals surface area contributed by atoms with Gasteiger partial charge in [-0.25, -0.2) is 8.78 Å². The second-order valence-corrected chi connectivity index (χ2v) is 20.4. The first-order valence-electron chi connectivity index (χ1n) is 22.5. The number of rotatable bonds is 27. The van der Waals surface area contributed by atoms with Crippen LogP contribution in [0, 0.1) is 11.6 Å². The summed E-state index contributed by atoms with van der Waals surface area (Å²) in [7, 11) is 0. The molecule has 310 valence electrons. The second kappa shape index (κ2) is 24.4. The third-order valence-electron chi connectivity index (χ3n) is 11.4. The highest BCUT2D eigenvalue weighted by Gasteiger charge is 2.18. The lowest BCUT2D eigenvalue weighted by atomic mass is 10.0. The van der Waals surface area contributed by atoms with E-state index in [1.807, 2.05) is 69.6 Å². The minimum Gasteiger partial charge on any atom is -0.207 e. The molecule has 0 aliphatic heterocycles. The third kappa shape index (κ3) is 13.6. The van der Waals surface area contributed by atoms with Crippen LogP contribution in [0.5, 0.6) is 0 Å². The van der Waals surface area contributed by atoms with Gasteiger partial charge in [-0.15, -0.1) is 45.3 Å². The molecule has 0 nitrogen and oxygen atoms in total. The molecular weight excluding hydrogens is 791 g/mol. The quantitative estimate of drug-likeness (QED) is 0.0453. The van der Waals surface area contributed by atoms with Crippen LogP contribution < -0.4 is 0 Å². The largest absolute Gasteiger partial charge is 0.207 e. The summed E-state index contributed by atoms with van der Waals surface area (Å²) in [6.45, 7) is 4.57. The SMILES string of the molecule is CCCCCCCCCCCCc1cc(-c2ccc(F)cc2)sc1-c1ccc(-c2ccc(-c3sc(-c4ccc(F)cc4)cc3CCCCCCCCCCCC)s2)s1. The number of thiophene rings is 4. The summed E-state index contributed by atoms with van der Waals surface area (Å²) in [6.07, 6.45) is 28.9. The maximum Gasteiger partial charge on any atom is 0.123 e. The van der Waals surface area contributed by atoms with Crippen molar-refractivity contribution in [1.29, 1.82) is 0 Å². The van der Waals surface area contributed by atoms with Gasteiger partial charge in [0.15, 0.2) is 0 Å². The lowest BCUT2D eigenvalue weighted by Gasteiger charge is -2.04. The van der Waals surface area contributed by atoms with Gasteiger partial charge in [0.1, 0.15) is 11.6 Å². The van der Waals surface area contributed by atoms with Crippen LogP contribution in [0.1, 0.15) is 153 Å². The number of unbranched alkanes of at least 4 members (excludes halogenated alkanes) is 18. The van der Waals surface area contributed by atoms with E-state index in [0.717, 1.165) is 24.0 Å². The van der Waals surface area contributed by atoms with E-state index in [1.165, 1.54) is 179 Å². The fraction of sp³-hybridized carbons (Fsp3) is 0.462. The first-order valence-corrected chi connectivity index (χ1v) is 25.8. The first kappa shape index (κ1) is 44.6. The Kier molecular flexibility index (Phi) is 18.8. The zero-order valence-corrected chi connectivity index (χ0v) is 38.3. The van der Waals surface area contributed by atoms with E-state index >= 15 is 0 Å².